The maximum Gasteiger partial charge on any atom is 0.313 e. The normalized spacial score (nSPS) is 31.8. The van der Waals surface area contributed by atoms with Gasteiger partial charge >= 0.3 is 5.97 Å². The summed E-state index contributed by atoms with van der Waals surface area (Å²) in [5.74, 6) is -3.89. The predicted octanol–water partition coefficient (Wildman–Crippen LogP) is 2.70. The molecule has 4 aliphatic rings. The van der Waals surface area contributed by atoms with Gasteiger partial charge in [0.25, 0.3) is 0 Å². The predicted molar refractivity (Wildman–Crippen MR) is 175 cm³/mol. The second-order valence-corrected chi connectivity index (χ2v) is 12.8. The zero-order valence-electron chi connectivity index (χ0n) is 27.3. The van der Waals surface area contributed by atoms with E-state index in [1.54, 1.807) is 23.1 Å². The average molecular weight is 658 g/mol. The lowest BCUT2D eigenvalue weighted by Gasteiger charge is -2.38. The van der Waals surface area contributed by atoms with E-state index in [2.05, 4.69) is 5.32 Å². The minimum Gasteiger partial charge on any atom is -0.455 e. The van der Waals surface area contributed by atoms with E-state index in [1.165, 1.54) is 12.0 Å². The number of aliphatic hydroxyl groups excluding tert-OH is 1. The Bertz CT molecular complexity index is 1540. The summed E-state index contributed by atoms with van der Waals surface area (Å²) in [6, 6.07) is 16.2. The van der Waals surface area contributed by atoms with Crippen LogP contribution in [-0.4, -0.2) is 95.3 Å². The van der Waals surface area contributed by atoms with Crippen molar-refractivity contribution >= 4 is 23.7 Å². The fraction of sp³-hybridized carbons (Fsp3) is 0.459. The van der Waals surface area contributed by atoms with Crippen molar-refractivity contribution in [3.8, 4) is 0 Å². The Morgan fingerprint density at radius 2 is 1.75 bits per heavy atom. The number of rotatable bonds is 8. The Kier molecular flexibility index (Phi) is 10.1. The summed E-state index contributed by atoms with van der Waals surface area (Å²) in [6.45, 7) is 2.15. The summed E-state index contributed by atoms with van der Waals surface area (Å²) < 4.78 is 18.5. The van der Waals surface area contributed by atoms with E-state index < -0.39 is 59.6 Å². The standard InChI is InChI=1S/C37H43N3O8/c1-3-26(22-41)40-33-35(44)39(21-24-13-6-4-7-14-24)20-12-19-37(33)31(34(40)43)30-28(48-37)17-10-11-18-29(42)38-27(23-46-2)32(47-36(30)45)25-15-8-5-9-16-25/h4-10,12-17,19,26-28,30-33,41H,3,11,18,20-23H2,1-2H3,(H,38,42)/b17-10-/t26-,27-,28-,30+,31+,32-,33-,37+/m0/s1. The summed E-state index contributed by atoms with van der Waals surface area (Å²) in [5.41, 5.74) is 0.0804. The van der Waals surface area contributed by atoms with Crippen LogP contribution in [0.2, 0.25) is 0 Å². The zero-order chi connectivity index (χ0) is 33.8. The van der Waals surface area contributed by atoms with E-state index in [4.69, 9.17) is 14.2 Å². The second-order valence-electron chi connectivity index (χ2n) is 12.8. The molecule has 6 rings (SSSR count). The van der Waals surface area contributed by atoms with Crippen LogP contribution in [0.4, 0.5) is 0 Å². The smallest absolute Gasteiger partial charge is 0.313 e. The molecule has 0 unspecified atom stereocenters. The molecule has 8 atom stereocenters. The van der Waals surface area contributed by atoms with Crippen molar-refractivity contribution in [2.24, 2.45) is 11.8 Å². The highest BCUT2D eigenvalue weighted by molar-refractivity contribution is 5.99. The van der Waals surface area contributed by atoms with Crippen LogP contribution in [-0.2, 0) is 39.9 Å². The summed E-state index contributed by atoms with van der Waals surface area (Å²) in [7, 11) is 1.51. The fourth-order valence-corrected chi connectivity index (χ4v) is 7.63. The van der Waals surface area contributed by atoms with Crippen molar-refractivity contribution in [3.05, 3.63) is 96.1 Å². The van der Waals surface area contributed by atoms with Crippen molar-refractivity contribution < 1.29 is 38.5 Å². The Morgan fingerprint density at radius 1 is 1.02 bits per heavy atom. The number of hydrogen-bond donors (Lipinski definition) is 2. The molecule has 2 aromatic rings. The van der Waals surface area contributed by atoms with Crippen LogP contribution in [0.1, 0.15) is 43.4 Å². The Balaban J connectivity index is 1.44. The molecule has 4 heterocycles. The second kappa shape index (κ2) is 14.4. The van der Waals surface area contributed by atoms with Crippen LogP contribution in [0.3, 0.4) is 0 Å². The number of methoxy groups -OCH3 is 1. The highest BCUT2D eigenvalue weighted by atomic mass is 16.6. The molecule has 0 bridgehead atoms. The van der Waals surface area contributed by atoms with Crippen molar-refractivity contribution in [2.45, 2.75) is 68.7 Å². The number of aliphatic hydroxyl groups is 1. The van der Waals surface area contributed by atoms with Gasteiger partial charge in [-0.2, -0.15) is 0 Å². The SMILES string of the molecule is CC[C@@H](CO)N1C(=O)[C@H]2[C@@H]3C(=O)O[C@@H](c4ccccc4)[C@H](COC)NC(=O)CC/C=C\[C@@H]3O[C@]23C=CCN(Cc2ccccc2)C(=O)[C@H]13. The molecule has 0 saturated carbocycles. The van der Waals surface area contributed by atoms with Gasteiger partial charge in [0.15, 0.2) is 0 Å². The first-order valence-electron chi connectivity index (χ1n) is 16.6. The molecule has 11 nitrogen and oxygen atoms in total. The van der Waals surface area contributed by atoms with Gasteiger partial charge in [0, 0.05) is 26.6 Å². The van der Waals surface area contributed by atoms with E-state index in [0.29, 0.717) is 24.9 Å². The molecule has 254 valence electrons. The van der Waals surface area contributed by atoms with E-state index in [9.17, 15) is 24.3 Å². The number of cyclic esters (lactones) is 1. The molecule has 3 amide bonds. The van der Waals surface area contributed by atoms with Crippen LogP contribution < -0.4 is 5.32 Å². The number of ether oxygens (including phenoxy) is 3. The molecule has 11 heteroatoms. The monoisotopic (exact) mass is 657 g/mol. The molecule has 1 spiro atoms. The van der Waals surface area contributed by atoms with Gasteiger partial charge in [-0.3, -0.25) is 19.2 Å². The van der Waals surface area contributed by atoms with Crippen molar-refractivity contribution in [3.63, 3.8) is 0 Å². The molecule has 2 N–H and O–H groups in total. The number of hydrogen-bond acceptors (Lipinski definition) is 8. The quantitative estimate of drug-likeness (QED) is 0.327. The van der Waals surface area contributed by atoms with Gasteiger partial charge in [-0.25, -0.2) is 0 Å². The number of fused-ring (bicyclic) bond motifs is 2. The van der Waals surface area contributed by atoms with Crippen LogP contribution in [0.5, 0.6) is 0 Å². The molecular formula is C37H43N3O8. The molecular weight excluding hydrogens is 614 g/mol. The third kappa shape index (κ3) is 6.18. The molecule has 0 aromatic heterocycles. The minimum atomic E-state index is -1.50. The van der Waals surface area contributed by atoms with Crippen molar-refractivity contribution in [1.29, 1.82) is 0 Å². The average Bonchev–Trinajstić information content (AvgIpc) is 3.49. The minimum absolute atomic E-state index is 0.0737. The maximum atomic E-state index is 14.7. The first-order valence-corrected chi connectivity index (χ1v) is 16.6. The summed E-state index contributed by atoms with van der Waals surface area (Å²) >= 11 is 0. The summed E-state index contributed by atoms with van der Waals surface area (Å²) in [4.78, 5) is 59.9. The van der Waals surface area contributed by atoms with E-state index in [1.807, 2.05) is 73.7 Å². The van der Waals surface area contributed by atoms with Gasteiger partial charge in [-0.05, 0) is 24.0 Å². The third-order valence-corrected chi connectivity index (χ3v) is 9.87. The van der Waals surface area contributed by atoms with Gasteiger partial charge in [0.2, 0.25) is 17.7 Å². The zero-order valence-corrected chi connectivity index (χ0v) is 27.3. The van der Waals surface area contributed by atoms with Crippen molar-refractivity contribution in [1.82, 2.24) is 15.1 Å². The van der Waals surface area contributed by atoms with E-state index >= 15 is 0 Å². The summed E-state index contributed by atoms with van der Waals surface area (Å²) in [6.07, 6.45) is 6.17. The highest BCUT2D eigenvalue weighted by Gasteiger charge is 2.72. The lowest BCUT2D eigenvalue weighted by atomic mass is 9.77. The molecule has 2 saturated heterocycles. The topological polar surface area (TPSA) is 135 Å². The lowest BCUT2D eigenvalue weighted by Crippen LogP contribution is -2.57. The van der Waals surface area contributed by atoms with Crippen LogP contribution in [0, 0.1) is 11.8 Å². The Hall–Kier alpha value is -4.32. The number of nitrogens with one attached hydrogen (secondary N) is 1. The molecule has 48 heavy (non-hydrogen) atoms. The molecule has 4 aliphatic heterocycles. The van der Waals surface area contributed by atoms with Crippen LogP contribution in [0.25, 0.3) is 0 Å². The molecule has 0 aliphatic carbocycles. The highest BCUT2D eigenvalue weighted by Crippen LogP contribution is 2.54. The maximum absolute atomic E-state index is 14.7. The number of nitrogens with zero attached hydrogens (tertiary/aromatic N) is 2. The van der Waals surface area contributed by atoms with Gasteiger partial charge in [0.1, 0.15) is 23.7 Å². The number of amides is 3. The number of likely N-dealkylation sites (tertiary alicyclic amines) is 1. The van der Waals surface area contributed by atoms with Gasteiger partial charge in [-0.15, -0.1) is 0 Å². The molecule has 2 fully saturated rings. The number of allylic oxidation sites excluding steroid dienone is 1. The van der Waals surface area contributed by atoms with E-state index in [0.717, 1.165) is 5.56 Å². The largest absolute Gasteiger partial charge is 0.455 e. The number of benzene rings is 2. The Morgan fingerprint density at radius 3 is 2.44 bits per heavy atom. The van der Waals surface area contributed by atoms with Gasteiger partial charge in [0.05, 0.1) is 37.3 Å². The van der Waals surface area contributed by atoms with Gasteiger partial charge in [-0.1, -0.05) is 91.9 Å². The lowest BCUT2D eigenvalue weighted by molar-refractivity contribution is -0.163. The number of carbonyl (C=O) groups excluding carboxylic acids is 4. The first kappa shape index (κ1) is 33.6. The number of carbonyl (C=O) groups is 4. The van der Waals surface area contributed by atoms with Gasteiger partial charge < -0.3 is 34.4 Å². The summed E-state index contributed by atoms with van der Waals surface area (Å²) in [5, 5.41) is 13.4. The third-order valence-electron chi connectivity index (χ3n) is 9.87. The van der Waals surface area contributed by atoms with Crippen molar-refractivity contribution in [2.75, 3.05) is 26.9 Å². The number of esters is 1. The van der Waals surface area contributed by atoms with Crippen LogP contribution in [0.15, 0.2) is 85.0 Å². The van der Waals surface area contributed by atoms with E-state index in [-0.39, 0.29) is 38.0 Å². The Labute approximate surface area is 280 Å². The molecule has 0 radical (unpaired) electrons. The molecule has 2 aromatic carbocycles. The fourth-order valence-electron chi connectivity index (χ4n) is 7.63. The van der Waals surface area contributed by atoms with Crippen LogP contribution >= 0.6 is 0 Å². The first-order chi connectivity index (χ1) is 23.3.